The van der Waals surface area contributed by atoms with Crippen molar-refractivity contribution in [2.24, 2.45) is 5.92 Å². The Morgan fingerprint density at radius 2 is 2.19 bits per heavy atom. The predicted octanol–water partition coefficient (Wildman–Crippen LogP) is 1.80. The third-order valence-corrected chi connectivity index (χ3v) is 4.68. The highest BCUT2D eigenvalue weighted by Crippen LogP contribution is 2.24. The third kappa shape index (κ3) is 2.28. The van der Waals surface area contributed by atoms with Gasteiger partial charge < -0.3 is 4.74 Å². The van der Waals surface area contributed by atoms with Crippen LogP contribution in [0.15, 0.2) is 29.2 Å². The molecule has 0 radical (unpaired) electrons. The fourth-order valence-corrected chi connectivity index (χ4v) is 3.46. The largest absolute Gasteiger partial charge is 0.376 e. The standard InChI is InChI=1S/C12H16O3S/c1-9-4-3-5-11(6-9)16(13,14)8-12-10(2)7-15-12/h3-6,10,12H,7-8H2,1-2H3. The van der Waals surface area contributed by atoms with Gasteiger partial charge in [0.05, 0.1) is 23.4 Å². The fourth-order valence-electron chi connectivity index (χ4n) is 1.76. The van der Waals surface area contributed by atoms with Crippen molar-refractivity contribution in [3.05, 3.63) is 29.8 Å². The van der Waals surface area contributed by atoms with E-state index in [1.165, 1.54) is 0 Å². The fraction of sp³-hybridized carbons (Fsp3) is 0.500. The van der Waals surface area contributed by atoms with Gasteiger partial charge in [-0.1, -0.05) is 19.1 Å². The highest BCUT2D eigenvalue weighted by Gasteiger charge is 2.33. The number of rotatable bonds is 3. The zero-order valence-electron chi connectivity index (χ0n) is 9.51. The van der Waals surface area contributed by atoms with E-state index in [0.29, 0.717) is 17.4 Å². The van der Waals surface area contributed by atoms with Gasteiger partial charge in [0.2, 0.25) is 0 Å². The summed E-state index contributed by atoms with van der Waals surface area (Å²) in [6.07, 6.45) is -0.134. The topological polar surface area (TPSA) is 43.4 Å². The highest BCUT2D eigenvalue weighted by atomic mass is 32.2. The predicted molar refractivity (Wildman–Crippen MR) is 62.1 cm³/mol. The Hall–Kier alpha value is -0.870. The Bertz CT molecular complexity index is 479. The molecule has 1 aliphatic rings. The van der Waals surface area contributed by atoms with Crippen LogP contribution in [-0.2, 0) is 14.6 Å². The van der Waals surface area contributed by atoms with Crippen molar-refractivity contribution in [1.82, 2.24) is 0 Å². The summed E-state index contributed by atoms with van der Waals surface area (Å²) in [7, 11) is -3.20. The molecule has 3 nitrogen and oxygen atoms in total. The van der Waals surface area contributed by atoms with E-state index in [4.69, 9.17) is 4.74 Å². The molecular weight excluding hydrogens is 224 g/mol. The SMILES string of the molecule is Cc1cccc(S(=O)(=O)CC2OCC2C)c1. The van der Waals surface area contributed by atoms with Gasteiger partial charge in [0.25, 0.3) is 0 Å². The van der Waals surface area contributed by atoms with Gasteiger partial charge in [-0.15, -0.1) is 0 Å². The summed E-state index contributed by atoms with van der Waals surface area (Å²) < 4.78 is 29.4. The zero-order valence-corrected chi connectivity index (χ0v) is 10.3. The molecule has 1 heterocycles. The third-order valence-electron chi connectivity index (χ3n) is 2.94. The lowest BCUT2D eigenvalue weighted by atomic mass is 10.0. The number of ether oxygens (including phenoxy) is 1. The van der Waals surface area contributed by atoms with Gasteiger partial charge >= 0.3 is 0 Å². The van der Waals surface area contributed by atoms with E-state index in [-0.39, 0.29) is 11.9 Å². The molecule has 16 heavy (non-hydrogen) atoms. The molecule has 1 aliphatic heterocycles. The summed E-state index contributed by atoms with van der Waals surface area (Å²) in [6.45, 7) is 4.58. The van der Waals surface area contributed by atoms with Crippen molar-refractivity contribution in [2.75, 3.05) is 12.4 Å². The Morgan fingerprint density at radius 1 is 1.44 bits per heavy atom. The van der Waals surface area contributed by atoms with Gasteiger partial charge in [-0.25, -0.2) is 8.42 Å². The van der Waals surface area contributed by atoms with E-state index in [1.54, 1.807) is 18.2 Å². The summed E-state index contributed by atoms with van der Waals surface area (Å²) in [6, 6.07) is 7.01. The van der Waals surface area contributed by atoms with Gasteiger partial charge in [-0.3, -0.25) is 0 Å². The lowest BCUT2D eigenvalue weighted by molar-refractivity contribution is -0.0915. The van der Waals surface area contributed by atoms with Gasteiger partial charge in [0, 0.05) is 5.92 Å². The van der Waals surface area contributed by atoms with Gasteiger partial charge in [0.1, 0.15) is 0 Å². The monoisotopic (exact) mass is 240 g/mol. The Labute approximate surface area is 96.4 Å². The molecule has 0 N–H and O–H groups in total. The Morgan fingerprint density at radius 3 is 2.69 bits per heavy atom. The van der Waals surface area contributed by atoms with Crippen molar-refractivity contribution < 1.29 is 13.2 Å². The first-order valence-corrected chi connectivity index (χ1v) is 7.05. The van der Waals surface area contributed by atoms with Crippen molar-refractivity contribution in [2.45, 2.75) is 24.8 Å². The number of hydrogen-bond donors (Lipinski definition) is 0. The smallest absolute Gasteiger partial charge is 0.180 e. The van der Waals surface area contributed by atoms with Crippen molar-refractivity contribution in [3.63, 3.8) is 0 Å². The second-order valence-corrected chi connectivity index (χ2v) is 6.48. The molecule has 88 valence electrons. The molecule has 2 unspecified atom stereocenters. The number of benzene rings is 1. The summed E-state index contributed by atoms with van der Waals surface area (Å²) in [5.74, 6) is 0.442. The van der Waals surface area contributed by atoms with Crippen LogP contribution in [0.1, 0.15) is 12.5 Å². The average molecular weight is 240 g/mol. The molecule has 4 heteroatoms. The van der Waals surface area contributed by atoms with Crippen LogP contribution >= 0.6 is 0 Å². The van der Waals surface area contributed by atoms with Crippen LogP contribution in [0.5, 0.6) is 0 Å². The minimum Gasteiger partial charge on any atom is -0.376 e. The summed E-state index contributed by atoms with van der Waals surface area (Å²) in [5.41, 5.74) is 0.962. The molecule has 1 saturated heterocycles. The van der Waals surface area contributed by atoms with Crippen molar-refractivity contribution in [3.8, 4) is 0 Å². The van der Waals surface area contributed by atoms with Crippen LogP contribution in [0.4, 0.5) is 0 Å². The number of sulfone groups is 1. The lowest BCUT2D eigenvalue weighted by Gasteiger charge is -2.33. The normalized spacial score (nSPS) is 25.1. The summed E-state index contributed by atoms with van der Waals surface area (Å²) in [4.78, 5) is 0.398. The highest BCUT2D eigenvalue weighted by molar-refractivity contribution is 7.91. The second-order valence-electron chi connectivity index (χ2n) is 4.45. The molecule has 1 fully saturated rings. The van der Waals surface area contributed by atoms with E-state index in [9.17, 15) is 8.42 Å². The molecule has 1 aromatic rings. The minimum absolute atomic E-state index is 0.0949. The van der Waals surface area contributed by atoms with E-state index in [2.05, 4.69) is 0 Å². The molecule has 0 saturated carbocycles. The van der Waals surface area contributed by atoms with Gasteiger partial charge in [0.15, 0.2) is 9.84 Å². The summed E-state index contributed by atoms with van der Waals surface area (Å²) in [5, 5.41) is 0. The van der Waals surface area contributed by atoms with Crippen molar-refractivity contribution in [1.29, 1.82) is 0 Å². The van der Waals surface area contributed by atoms with Gasteiger partial charge in [-0.05, 0) is 24.6 Å². The number of hydrogen-bond acceptors (Lipinski definition) is 3. The van der Waals surface area contributed by atoms with Crippen LogP contribution in [0.3, 0.4) is 0 Å². The van der Waals surface area contributed by atoms with E-state index in [1.807, 2.05) is 19.9 Å². The lowest BCUT2D eigenvalue weighted by Crippen LogP contribution is -2.42. The maximum absolute atomic E-state index is 12.1. The Balaban J connectivity index is 2.19. The first-order valence-electron chi connectivity index (χ1n) is 5.40. The molecule has 0 aliphatic carbocycles. The quantitative estimate of drug-likeness (QED) is 0.809. The molecule has 0 amide bonds. The molecule has 1 aromatic carbocycles. The van der Waals surface area contributed by atoms with Crippen LogP contribution in [0.2, 0.25) is 0 Å². The van der Waals surface area contributed by atoms with E-state index >= 15 is 0 Å². The summed E-state index contributed by atoms with van der Waals surface area (Å²) >= 11 is 0. The molecule has 2 atom stereocenters. The molecule has 0 spiro atoms. The van der Waals surface area contributed by atoms with Crippen LogP contribution in [0, 0.1) is 12.8 Å². The average Bonchev–Trinajstić information content (AvgIpc) is 2.24. The van der Waals surface area contributed by atoms with E-state index < -0.39 is 9.84 Å². The molecule has 0 aromatic heterocycles. The molecule has 2 rings (SSSR count). The van der Waals surface area contributed by atoms with Gasteiger partial charge in [-0.2, -0.15) is 0 Å². The van der Waals surface area contributed by atoms with Crippen LogP contribution < -0.4 is 0 Å². The first-order chi connectivity index (χ1) is 7.49. The second kappa shape index (κ2) is 4.18. The maximum atomic E-state index is 12.1. The Kier molecular flexibility index (Phi) is 3.04. The maximum Gasteiger partial charge on any atom is 0.180 e. The minimum atomic E-state index is -3.20. The number of aryl methyl sites for hydroxylation is 1. The van der Waals surface area contributed by atoms with E-state index in [0.717, 1.165) is 5.56 Å². The molecular formula is C12H16O3S. The van der Waals surface area contributed by atoms with Crippen LogP contribution in [0.25, 0.3) is 0 Å². The van der Waals surface area contributed by atoms with Crippen LogP contribution in [-0.4, -0.2) is 26.9 Å². The first kappa shape index (κ1) is 11.6. The zero-order chi connectivity index (χ0) is 11.8. The molecule has 0 bridgehead atoms. The van der Waals surface area contributed by atoms with Crippen molar-refractivity contribution >= 4 is 9.84 Å².